The lowest BCUT2D eigenvalue weighted by molar-refractivity contribution is 0.153. The number of hydrogen-bond acceptors (Lipinski definition) is 4. The Kier molecular flexibility index (Phi) is 3.14. The van der Waals surface area contributed by atoms with Gasteiger partial charge in [-0.25, -0.2) is 0 Å². The van der Waals surface area contributed by atoms with Crippen molar-refractivity contribution in [2.75, 3.05) is 0 Å². The average Bonchev–Trinajstić information content (AvgIpc) is 1.84. The molecular weight excluding hydrogens is 108 g/mol. The smallest absolute Gasteiger partial charge is 0.0729 e. The molecule has 3 N–H and O–H groups in total. The molecule has 4 heteroatoms. The van der Waals surface area contributed by atoms with E-state index in [1.807, 2.05) is 5.48 Å². The molecule has 48 valence electrons. The van der Waals surface area contributed by atoms with Crippen LogP contribution in [0.2, 0.25) is 0 Å². The third kappa shape index (κ3) is 1.90. The summed E-state index contributed by atoms with van der Waals surface area (Å²) in [5.74, 6) is 0. The minimum atomic E-state index is -0.278. The van der Waals surface area contributed by atoms with Crippen LogP contribution in [0.5, 0.6) is 0 Å². The largest absolute Gasteiger partial charge is 0.411 e. The Hall–Kier alpha value is -0.610. The van der Waals surface area contributed by atoms with Crippen molar-refractivity contribution < 1.29 is 10.4 Å². The standard InChI is InChI=1S/C4H10N2O2/c1-3(5-7)4(2)6-8/h3,5,7-8H,1-2H3/b6-4+/t3-/m1/s1. The summed E-state index contributed by atoms with van der Waals surface area (Å²) in [5.41, 5.74) is 2.38. The van der Waals surface area contributed by atoms with Crippen LogP contribution in [0.25, 0.3) is 0 Å². The third-order valence-corrected chi connectivity index (χ3v) is 0.978. The fourth-order valence-electron chi connectivity index (χ4n) is 0.180. The highest BCUT2D eigenvalue weighted by Gasteiger charge is 2.01. The van der Waals surface area contributed by atoms with Gasteiger partial charge in [-0.05, 0) is 13.8 Å². The average molecular weight is 118 g/mol. The Morgan fingerprint density at radius 3 is 2.38 bits per heavy atom. The van der Waals surface area contributed by atoms with Crippen LogP contribution in [-0.4, -0.2) is 22.2 Å². The minimum absolute atomic E-state index is 0.278. The molecule has 0 aromatic carbocycles. The van der Waals surface area contributed by atoms with Gasteiger partial charge < -0.3 is 10.4 Å². The molecule has 0 aliphatic carbocycles. The molecule has 0 saturated heterocycles. The van der Waals surface area contributed by atoms with Gasteiger partial charge in [-0.15, -0.1) is 0 Å². The van der Waals surface area contributed by atoms with E-state index in [0.29, 0.717) is 5.71 Å². The molecule has 0 amide bonds. The first-order chi connectivity index (χ1) is 3.72. The topological polar surface area (TPSA) is 64.9 Å². The molecule has 0 bridgehead atoms. The molecule has 0 aromatic rings. The Labute approximate surface area is 47.8 Å². The summed E-state index contributed by atoms with van der Waals surface area (Å²) in [6.07, 6.45) is 0. The molecule has 0 rings (SSSR count). The van der Waals surface area contributed by atoms with E-state index < -0.39 is 0 Å². The van der Waals surface area contributed by atoms with Crippen molar-refractivity contribution >= 4 is 5.71 Å². The first-order valence-electron chi connectivity index (χ1n) is 2.30. The van der Waals surface area contributed by atoms with E-state index in [2.05, 4.69) is 5.16 Å². The predicted octanol–water partition coefficient (Wildman–Crippen LogP) is 0.204. The molecule has 0 heterocycles. The lowest BCUT2D eigenvalue weighted by atomic mass is 10.2. The zero-order valence-corrected chi connectivity index (χ0v) is 4.92. The monoisotopic (exact) mass is 118 g/mol. The maximum Gasteiger partial charge on any atom is 0.0729 e. The lowest BCUT2D eigenvalue weighted by Crippen LogP contribution is -2.29. The summed E-state index contributed by atoms with van der Waals surface area (Å²) in [7, 11) is 0. The summed E-state index contributed by atoms with van der Waals surface area (Å²) >= 11 is 0. The summed E-state index contributed by atoms with van der Waals surface area (Å²) < 4.78 is 0. The second kappa shape index (κ2) is 3.40. The van der Waals surface area contributed by atoms with Gasteiger partial charge in [0.15, 0.2) is 0 Å². The van der Waals surface area contributed by atoms with Gasteiger partial charge in [0.25, 0.3) is 0 Å². The number of nitrogens with zero attached hydrogens (tertiary/aromatic N) is 1. The fourth-order valence-corrected chi connectivity index (χ4v) is 0.180. The van der Waals surface area contributed by atoms with E-state index in [4.69, 9.17) is 10.4 Å². The SMILES string of the molecule is C/C(=N\O)[C@@H](C)NO. The molecule has 0 aliphatic rings. The number of hydrogen-bond donors (Lipinski definition) is 3. The molecule has 0 spiro atoms. The first-order valence-corrected chi connectivity index (χ1v) is 2.30. The summed E-state index contributed by atoms with van der Waals surface area (Å²) in [4.78, 5) is 0. The van der Waals surface area contributed by atoms with Gasteiger partial charge in [-0.1, -0.05) is 5.16 Å². The van der Waals surface area contributed by atoms with E-state index in [9.17, 15) is 0 Å². The van der Waals surface area contributed by atoms with Crippen LogP contribution in [0, 0.1) is 0 Å². The Balaban J connectivity index is 3.63. The van der Waals surface area contributed by atoms with Crippen LogP contribution in [0.4, 0.5) is 0 Å². The van der Waals surface area contributed by atoms with Gasteiger partial charge in [0.05, 0.1) is 11.8 Å². The van der Waals surface area contributed by atoms with Gasteiger partial charge >= 0.3 is 0 Å². The number of hydroxylamine groups is 1. The van der Waals surface area contributed by atoms with Crippen LogP contribution >= 0.6 is 0 Å². The highest BCUT2D eigenvalue weighted by atomic mass is 16.5. The van der Waals surface area contributed by atoms with Crippen LogP contribution < -0.4 is 5.48 Å². The summed E-state index contributed by atoms with van der Waals surface area (Å²) in [6, 6.07) is -0.278. The molecule has 0 aliphatic heterocycles. The maximum absolute atomic E-state index is 8.19. The van der Waals surface area contributed by atoms with Crippen molar-refractivity contribution in [3.63, 3.8) is 0 Å². The minimum Gasteiger partial charge on any atom is -0.411 e. The number of rotatable bonds is 2. The van der Waals surface area contributed by atoms with Crippen LogP contribution in [0.15, 0.2) is 5.16 Å². The quantitative estimate of drug-likeness (QED) is 0.276. The van der Waals surface area contributed by atoms with Crippen molar-refractivity contribution in [1.82, 2.24) is 5.48 Å². The van der Waals surface area contributed by atoms with Crippen molar-refractivity contribution in [3.8, 4) is 0 Å². The van der Waals surface area contributed by atoms with Crippen molar-refractivity contribution in [2.45, 2.75) is 19.9 Å². The Bertz CT molecular complexity index is 92.0. The molecule has 0 aromatic heterocycles. The maximum atomic E-state index is 8.19. The van der Waals surface area contributed by atoms with Crippen LogP contribution in [0.1, 0.15) is 13.8 Å². The zero-order chi connectivity index (χ0) is 6.57. The van der Waals surface area contributed by atoms with Crippen molar-refractivity contribution in [3.05, 3.63) is 0 Å². The molecule has 8 heavy (non-hydrogen) atoms. The van der Waals surface area contributed by atoms with Gasteiger partial charge in [-0.3, -0.25) is 0 Å². The number of nitrogens with one attached hydrogen (secondary N) is 1. The third-order valence-electron chi connectivity index (χ3n) is 0.978. The van der Waals surface area contributed by atoms with Crippen LogP contribution in [0.3, 0.4) is 0 Å². The lowest BCUT2D eigenvalue weighted by Gasteiger charge is -2.04. The molecule has 0 saturated carbocycles. The Morgan fingerprint density at radius 2 is 2.25 bits per heavy atom. The van der Waals surface area contributed by atoms with E-state index in [0.717, 1.165) is 0 Å². The van der Waals surface area contributed by atoms with Crippen molar-refractivity contribution in [2.24, 2.45) is 5.16 Å². The van der Waals surface area contributed by atoms with E-state index >= 15 is 0 Å². The fraction of sp³-hybridized carbons (Fsp3) is 0.750. The molecule has 1 atom stereocenters. The van der Waals surface area contributed by atoms with Gasteiger partial charge in [0.1, 0.15) is 0 Å². The van der Waals surface area contributed by atoms with Crippen LogP contribution in [-0.2, 0) is 0 Å². The molecule has 0 unspecified atom stereocenters. The first kappa shape index (κ1) is 7.39. The zero-order valence-electron chi connectivity index (χ0n) is 4.92. The van der Waals surface area contributed by atoms with Crippen molar-refractivity contribution in [1.29, 1.82) is 0 Å². The van der Waals surface area contributed by atoms with Gasteiger partial charge in [-0.2, -0.15) is 5.48 Å². The van der Waals surface area contributed by atoms with Gasteiger partial charge in [0, 0.05) is 0 Å². The van der Waals surface area contributed by atoms with E-state index in [-0.39, 0.29) is 6.04 Å². The summed E-state index contributed by atoms with van der Waals surface area (Å²) in [6.45, 7) is 3.28. The molecule has 0 radical (unpaired) electrons. The summed E-state index contributed by atoms with van der Waals surface area (Å²) in [5, 5.41) is 19.1. The second-order valence-corrected chi connectivity index (χ2v) is 1.59. The number of oxime groups is 1. The van der Waals surface area contributed by atoms with Gasteiger partial charge in [0.2, 0.25) is 0 Å². The molecule has 0 fully saturated rings. The van der Waals surface area contributed by atoms with E-state index in [1.165, 1.54) is 0 Å². The highest BCUT2D eigenvalue weighted by molar-refractivity contribution is 5.86. The predicted molar refractivity (Wildman–Crippen MR) is 29.3 cm³/mol. The normalized spacial score (nSPS) is 16.1. The second-order valence-electron chi connectivity index (χ2n) is 1.59. The molecule has 4 nitrogen and oxygen atoms in total. The Morgan fingerprint density at radius 1 is 1.75 bits per heavy atom. The molecular formula is C4H10N2O2. The highest BCUT2D eigenvalue weighted by Crippen LogP contribution is 1.82. The van der Waals surface area contributed by atoms with E-state index in [1.54, 1.807) is 13.8 Å².